The molecule has 0 fully saturated rings. The number of nitrogens with one attached hydrogen (secondary N) is 1. The van der Waals surface area contributed by atoms with Crippen LogP contribution in [-0.4, -0.2) is 14.5 Å². The number of H-pyrrole nitrogens is 1. The maximum atomic E-state index is 5.43. The van der Waals surface area contributed by atoms with Crippen LogP contribution in [0.1, 0.15) is 63.9 Å². The van der Waals surface area contributed by atoms with Crippen molar-refractivity contribution in [1.29, 1.82) is 0 Å². The second kappa shape index (κ2) is 8.32. The van der Waals surface area contributed by atoms with E-state index in [2.05, 4.69) is 28.4 Å². The van der Waals surface area contributed by atoms with Crippen molar-refractivity contribution in [1.82, 2.24) is 14.5 Å². The Labute approximate surface area is 132 Å². The summed E-state index contributed by atoms with van der Waals surface area (Å²) in [7, 11) is 0. The highest BCUT2D eigenvalue weighted by Crippen LogP contribution is 2.16. The number of fused-ring (bicyclic) bond motifs is 1. The number of aryl methyl sites for hydroxylation is 2. The van der Waals surface area contributed by atoms with Crippen molar-refractivity contribution in [2.75, 3.05) is 0 Å². The summed E-state index contributed by atoms with van der Waals surface area (Å²) in [5, 5.41) is 0. The standard InChI is InChI=1S/C17H27N3S/c1-3-4-5-6-7-8-9-10-13-20-16-15(19-17(20)21)14(2)11-12-18-16/h11-12H,3-10,13H2,1-2H3,(H,19,21). The molecule has 0 radical (unpaired) electrons. The number of aromatic nitrogens is 3. The second-order valence-corrected chi connectivity index (χ2v) is 6.27. The van der Waals surface area contributed by atoms with Crippen molar-refractivity contribution >= 4 is 23.4 Å². The van der Waals surface area contributed by atoms with E-state index in [0.717, 1.165) is 22.5 Å². The van der Waals surface area contributed by atoms with Crippen molar-refractivity contribution < 1.29 is 0 Å². The first kappa shape index (κ1) is 16.2. The van der Waals surface area contributed by atoms with Gasteiger partial charge in [0.05, 0.1) is 5.52 Å². The summed E-state index contributed by atoms with van der Waals surface area (Å²) in [5.41, 5.74) is 3.30. The Bertz CT molecular complexity index is 612. The minimum Gasteiger partial charge on any atom is -0.329 e. The summed E-state index contributed by atoms with van der Waals surface area (Å²) in [6.45, 7) is 5.33. The largest absolute Gasteiger partial charge is 0.329 e. The molecule has 0 aromatic carbocycles. The lowest BCUT2D eigenvalue weighted by molar-refractivity contribution is 0.545. The highest BCUT2D eigenvalue weighted by atomic mass is 32.1. The number of rotatable bonds is 9. The molecule has 0 saturated heterocycles. The zero-order valence-electron chi connectivity index (χ0n) is 13.3. The highest BCUT2D eigenvalue weighted by molar-refractivity contribution is 7.71. The number of hydrogen-bond acceptors (Lipinski definition) is 2. The summed E-state index contributed by atoms with van der Waals surface area (Å²) in [4.78, 5) is 7.76. The molecule has 0 amide bonds. The van der Waals surface area contributed by atoms with E-state index in [0.29, 0.717) is 0 Å². The average Bonchev–Trinajstić information content (AvgIpc) is 2.80. The Morgan fingerprint density at radius 1 is 1.10 bits per heavy atom. The third kappa shape index (κ3) is 4.40. The Balaban J connectivity index is 1.80. The van der Waals surface area contributed by atoms with E-state index in [1.807, 2.05) is 12.3 Å². The molecule has 2 aromatic rings. The van der Waals surface area contributed by atoms with Crippen LogP contribution in [0.3, 0.4) is 0 Å². The van der Waals surface area contributed by atoms with Crippen molar-refractivity contribution in [3.63, 3.8) is 0 Å². The first-order valence-corrected chi connectivity index (χ1v) is 8.69. The molecule has 1 N–H and O–H groups in total. The molecular formula is C17H27N3S. The first-order chi connectivity index (χ1) is 10.2. The number of imidazole rings is 1. The lowest BCUT2D eigenvalue weighted by Crippen LogP contribution is -1.99. The smallest absolute Gasteiger partial charge is 0.179 e. The van der Waals surface area contributed by atoms with E-state index in [-0.39, 0.29) is 0 Å². The van der Waals surface area contributed by atoms with Crippen LogP contribution in [-0.2, 0) is 6.54 Å². The van der Waals surface area contributed by atoms with Crippen molar-refractivity contribution in [2.45, 2.75) is 71.8 Å². The predicted octanol–water partition coefficient (Wildman–Crippen LogP) is 5.54. The fourth-order valence-electron chi connectivity index (χ4n) is 2.78. The molecular weight excluding hydrogens is 278 g/mol. The molecule has 0 unspecified atom stereocenters. The Kier molecular flexibility index (Phi) is 6.43. The van der Waals surface area contributed by atoms with E-state index < -0.39 is 0 Å². The summed E-state index contributed by atoms with van der Waals surface area (Å²) in [6, 6.07) is 2.02. The molecule has 4 heteroatoms. The highest BCUT2D eigenvalue weighted by Gasteiger charge is 2.06. The molecule has 0 aliphatic heterocycles. The normalized spacial score (nSPS) is 11.3. The van der Waals surface area contributed by atoms with Crippen molar-refractivity contribution in [2.24, 2.45) is 0 Å². The second-order valence-electron chi connectivity index (χ2n) is 5.88. The third-order valence-corrected chi connectivity index (χ3v) is 4.43. The predicted molar refractivity (Wildman–Crippen MR) is 92.3 cm³/mol. The van der Waals surface area contributed by atoms with Gasteiger partial charge >= 0.3 is 0 Å². The third-order valence-electron chi connectivity index (χ3n) is 4.11. The van der Waals surface area contributed by atoms with Gasteiger partial charge in [0.25, 0.3) is 0 Å². The summed E-state index contributed by atoms with van der Waals surface area (Å²) in [5.74, 6) is 0. The van der Waals surface area contributed by atoms with Gasteiger partial charge in [-0.15, -0.1) is 0 Å². The Morgan fingerprint density at radius 2 is 1.76 bits per heavy atom. The lowest BCUT2D eigenvalue weighted by atomic mass is 10.1. The fraction of sp³-hybridized carbons (Fsp3) is 0.647. The van der Waals surface area contributed by atoms with Crippen LogP contribution in [0.15, 0.2) is 12.3 Å². The van der Waals surface area contributed by atoms with E-state index in [9.17, 15) is 0 Å². The zero-order valence-corrected chi connectivity index (χ0v) is 14.1. The average molecular weight is 305 g/mol. The Hall–Kier alpha value is -1.16. The van der Waals surface area contributed by atoms with Crippen LogP contribution in [0.25, 0.3) is 11.2 Å². The summed E-state index contributed by atoms with van der Waals surface area (Å²) in [6.07, 6.45) is 12.5. The zero-order chi connectivity index (χ0) is 15.1. The molecule has 3 nitrogen and oxygen atoms in total. The number of aromatic amines is 1. The van der Waals surface area contributed by atoms with Gasteiger partial charge in [-0.05, 0) is 37.2 Å². The van der Waals surface area contributed by atoms with Gasteiger partial charge < -0.3 is 9.55 Å². The first-order valence-electron chi connectivity index (χ1n) is 8.28. The molecule has 0 saturated carbocycles. The number of pyridine rings is 1. The molecule has 0 bridgehead atoms. The number of nitrogens with zero attached hydrogens (tertiary/aromatic N) is 2. The van der Waals surface area contributed by atoms with Crippen LogP contribution in [0.2, 0.25) is 0 Å². The molecule has 0 aliphatic rings. The minimum atomic E-state index is 0.801. The minimum absolute atomic E-state index is 0.801. The van der Waals surface area contributed by atoms with Gasteiger partial charge in [0, 0.05) is 12.7 Å². The topological polar surface area (TPSA) is 33.6 Å². The van der Waals surface area contributed by atoms with E-state index in [4.69, 9.17) is 12.2 Å². The van der Waals surface area contributed by atoms with E-state index >= 15 is 0 Å². The molecule has 0 spiro atoms. The van der Waals surface area contributed by atoms with E-state index in [1.165, 1.54) is 56.9 Å². The molecule has 2 heterocycles. The van der Waals surface area contributed by atoms with E-state index in [1.54, 1.807) is 0 Å². The van der Waals surface area contributed by atoms with Gasteiger partial charge in [0.2, 0.25) is 0 Å². The van der Waals surface area contributed by atoms with Crippen molar-refractivity contribution in [3.8, 4) is 0 Å². The SMILES string of the molecule is CCCCCCCCCCn1c(=S)[nH]c2c(C)ccnc21. The van der Waals surface area contributed by atoms with Gasteiger partial charge in [-0.25, -0.2) is 4.98 Å². The molecule has 2 rings (SSSR count). The van der Waals surface area contributed by atoms with Crippen LogP contribution < -0.4 is 0 Å². The number of unbranched alkanes of at least 4 members (excludes halogenated alkanes) is 7. The number of hydrogen-bond donors (Lipinski definition) is 1. The van der Waals surface area contributed by atoms with Gasteiger partial charge in [-0.2, -0.15) is 0 Å². The molecule has 2 aromatic heterocycles. The van der Waals surface area contributed by atoms with Crippen LogP contribution >= 0.6 is 12.2 Å². The lowest BCUT2D eigenvalue weighted by Gasteiger charge is -2.04. The monoisotopic (exact) mass is 305 g/mol. The van der Waals surface area contributed by atoms with Gasteiger partial charge in [-0.3, -0.25) is 0 Å². The van der Waals surface area contributed by atoms with Crippen molar-refractivity contribution in [3.05, 3.63) is 22.6 Å². The summed E-state index contributed by atoms with van der Waals surface area (Å²) < 4.78 is 2.95. The fourth-order valence-corrected chi connectivity index (χ4v) is 3.06. The van der Waals surface area contributed by atoms with Gasteiger partial charge in [0.15, 0.2) is 10.4 Å². The van der Waals surface area contributed by atoms with Crippen LogP contribution in [0.4, 0.5) is 0 Å². The molecule has 116 valence electrons. The quantitative estimate of drug-likeness (QED) is 0.487. The maximum Gasteiger partial charge on any atom is 0.179 e. The molecule has 0 atom stereocenters. The van der Waals surface area contributed by atoms with Gasteiger partial charge in [0.1, 0.15) is 0 Å². The van der Waals surface area contributed by atoms with Crippen LogP contribution in [0.5, 0.6) is 0 Å². The molecule has 0 aliphatic carbocycles. The van der Waals surface area contributed by atoms with Crippen LogP contribution in [0, 0.1) is 11.7 Å². The van der Waals surface area contributed by atoms with Gasteiger partial charge in [-0.1, -0.05) is 51.9 Å². The summed E-state index contributed by atoms with van der Waals surface area (Å²) >= 11 is 5.43. The Morgan fingerprint density at radius 3 is 2.48 bits per heavy atom. The maximum absolute atomic E-state index is 5.43. The molecule has 21 heavy (non-hydrogen) atoms.